The number of nitrogens with two attached hydrogens (primary N) is 1. The number of halogens is 1. The second kappa shape index (κ2) is 3.04. The Morgan fingerprint density at radius 2 is 2.36 bits per heavy atom. The van der Waals surface area contributed by atoms with Crippen LogP contribution in [0, 0.1) is 11.7 Å². The van der Waals surface area contributed by atoms with Gasteiger partial charge in [0.05, 0.1) is 12.1 Å². The predicted molar refractivity (Wildman–Crippen MR) is 52.2 cm³/mol. The zero-order valence-corrected chi connectivity index (χ0v) is 8.13. The average molecular weight is 195 g/mol. The van der Waals surface area contributed by atoms with Crippen LogP contribution < -0.4 is 5.73 Å². The quantitative estimate of drug-likeness (QED) is 0.706. The molecule has 76 valence electrons. The Morgan fingerprint density at radius 1 is 1.64 bits per heavy atom. The molecule has 1 aromatic carbocycles. The summed E-state index contributed by atoms with van der Waals surface area (Å²) in [5, 5.41) is 9.29. The van der Waals surface area contributed by atoms with Crippen LogP contribution in [-0.4, -0.2) is 11.7 Å². The number of fused-ring (bicyclic) bond motifs is 1. The fourth-order valence-electron chi connectivity index (χ4n) is 2.20. The first-order valence-corrected chi connectivity index (χ1v) is 4.76. The van der Waals surface area contributed by atoms with Gasteiger partial charge in [-0.15, -0.1) is 0 Å². The van der Waals surface area contributed by atoms with E-state index in [1.54, 1.807) is 6.07 Å². The van der Waals surface area contributed by atoms with Crippen LogP contribution >= 0.6 is 0 Å². The van der Waals surface area contributed by atoms with Crippen LogP contribution in [0.1, 0.15) is 18.1 Å². The fraction of sp³-hybridized carbons (Fsp3) is 0.455. The second-order valence-corrected chi connectivity index (χ2v) is 4.11. The van der Waals surface area contributed by atoms with E-state index in [4.69, 9.17) is 5.73 Å². The minimum atomic E-state index is -0.691. The highest BCUT2D eigenvalue weighted by atomic mass is 19.1. The number of aliphatic hydroxyl groups excluding tert-OH is 1. The summed E-state index contributed by atoms with van der Waals surface area (Å²) in [7, 11) is 0. The molecule has 0 fully saturated rings. The van der Waals surface area contributed by atoms with Gasteiger partial charge in [-0.25, -0.2) is 4.39 Å². The van der Waals surface area contributed by atoms with Crippen LogP contribution in [0.15, 0.2) is 18.2 Å². The van der Waals surface area contributed by atoms with Gasteiger partial charge in [-0.3, -0.25) is 0 Å². The van der Waals surface area contributed by atoms with Crippen LogP contribution in [0.4, 0.5) is 4.39 Å². The minimum Gasteiger partial charge on any atom is -0.394 e. The van der Waals surface area contributed by atoms with Crippen LogP contribution in [0.2, 0.25) is 0 Å². The normalized spacial score (nSPS) is 30.4. The van der Waals surface area contributed by atoms with Gasteiger partial charge < -0.3 is 10.8 Å². The number of benzene rings is 1. The molecule has 3 N–H and O–H groups in total. The van der Waals surface area contributed by atoms with Gasteiger partial charge in [-0.1, -0.05) is 13.0 Å². The van der Waals surface area contributed by atoms with Gasteiger partial charge in [0.1, 0.15) is 5.82 Å². The predicted octanol–water partition coefficient (Wildman–Crippen LogP) is 1.16. The Hall–Kier alpha value is -0.930. The molecule has 0 spiro atoms. The summed E-state index contributed by atoms with van der Waals surface area (Å²) in [4.78, 5) is 0. The third-order valence-electron chi connectivity index (χ3n) is 3.24. The first kappa shape index (κ1) is 9.62. The molecule has 3 heteroatoms. The summed E-state index contributed by atoms with van der Waals surface area (Å²) < 4.78 is 12.9. The zero-order valence-electron chi connectivity index (χ0n) is 8.13. The molecule has 1 aliphatic rings. The largest absolute Gasteiger partial charge is 0.394 e. The lowest BCUT2D eigenvalue weighted by Crippen LogP contribution is -2.43. The van der Waals surface area contributed by atoms with Crippen molar-refractivity contribution in [1.29, 1.82) is 0 Å². The highest BCUT2D eigenvalue weighted by Crippen LogP contribution is 2.39. The van der Waals surface area contributed by atoms with E-state index in [-0.39, 0.29) is 18.3 Å². The number of aliphatic hydroxyl groups is 1. The molecule has 0 aromatic heterocycles. The van der Waals surface area contributed by atoms with Crippen molar-refractivity contribution in [2.45, 2.75) is 18.9 Å². The number of hydrogen-bond acceptors (Lipinski definition) is 2. The molecular weight excluding hydrogens is 181 g/mol. The summed E-state index contributed by atoms with van der Waals surface area (Å²) in [6, 6.07) is 4.59. The summed E-state index contributed by atoms with van der Waals surface area (Å²) >= 11 is 0. The molecule has 0 saturated heterocycles. The highest BCUT2D eigenvalue weighted by Gasteiger charge is 2.40. The minimum absolute atomic E-state index is 0.0905. The molecule has 14 heavy (non-hydrogen) atoms. The lowest BCUT2D eigenvalue weighted by molar-refractivity contribution is 0.159. The third-order valence-corrected chi connectivity index (χ3v) is 3.24. The number of rotatable bonds is 1. The Bertz CT molecular complexity index is 366. The summed E-state index contributed by atoms with van der Waals surface area (Å²) in [5.41, 5.74) is 7.21. The molecule has 2 atom stereocenters. The van der Waals surface area contributed by atoms with Gasteiger partial charge in [0.25, 0.3) is 0 Å². The van der Waals surface area contributed by atoms with Crippen LogP contribution in [0.5, 0.6) is 0 Å². The van der Waals surface area contributed by atoms with Gasteiger partial charge in [0.2, 0.25) is 0 Å². The van der Waals surface area contributed by atoms with E-state index in [9.17, 15) is 9.50 Å². The monoisotopic (exact) mass is 195 g/mol. The van der Waals surface area contributed by atoms with Crippen LogP contribution in [0.3, 0.4) is 0 Å². The van der Waals surface area contributed by atoms with E-state index >= 15 is 0 Å². The Morgan fingerprint density at radius 3 is 3.00 bits per heavy atom. The maximum absolute atomic E-state index is 12.9. The van der Waals surface area contributed by atoms with Gasteiger partial charge in [-0.2, -0.15) is 0 Å². The van der Waals surface area contributed by atoms with Gasteiger partial charge >= 0.3 is 0 Å². The summed E-state index contributed by atoms with van der Waals surface area (Å²) in [6.07, 6.45) is 0.740. The van der Waals surface area contributed by atoms with Crippen molar-refractivity contribution in [3.8, 4) is 0 Å². The Kier molecular flexibility index (Phi) is 2.09. The molecule has 1 aliphatic carbocycles. The van der Waals surface area contributed by atoms with E-state index in [1.807, 2.05) is 6.92 Å². The smallest absolute Gasteiger partial charge is 0.123 e. The maximum Gasteiger partial charge on any atom is 0.123 e. The van der Waals surface area contributed by atoms with Crippen molar-refractivity contribution in [2.24, 2.45) is 11.7 Å². The third kappa shape index (κ3) is 1.16. The zero-order chi connectivity index (χ0) is 10.3. The SMILES string of the molecule is CC1Cc2cc(F)ccc2C1(N)CO. The molecule has 2 nitrogen and oxygen atoms in total. The van der Waals surface area contributed by atoms with Crippen molar-refractivity contribution < 1.29 is 9.50 Å². The standard InChI is InChI=1S/C11H14FNO/c1-7-4-8-5-9(12)2-3-10(8)11(7,13)6-14/h2-3,5,7,14H,4,6,13H2,1H3. The van der Waals surface area contributed by atoms with Crippen molar-refractivity contribution in [3.05, 3.63) is 35.1 Å². The van der Waals surface area contributed by atoms with Gasteiger partial charge in [0, 0.05) is 0 Å². The fourth-order valence-corrected chi connectivity index (χ4v) is 2.20. The van der Waals surface area contributed by atoms with E-state index < -0.39 is 5.54 Å². The highest BCUT2D eigenvalue weighted by molar-refractivity contribution is 5.40. The molecule has 0 aliphatic heterocycles. The second-order valence-electron chi connectivity index (χ2n) is 4.11. The first-order valence-electron chi connectivity index (χ1n) is 4.76. The Labute approximate surface area is 82.5 Å². The first-order chi connectivity index (χ1) is 6.58. The van der Waals surface area contributed by atoms with Crippen LogP contribution in [0.25, 0.3) is 0 Å². The van der Waals surface area contributed by atoms with Crippen molar-refractivity contribution in [1.82, 2.24) is 0 Å². The number of hydrogen-bond donors (Lipinski definition) is 2. The molecule has 1 aromatic rings. The van der Waals surface area contributed by atoms with E-state index in [0.717, 1.165) is 17.5 Å². The average Bonchev–Trinajstić information content (AvgIpc) is 2.39. The van der Waals surface area contributed by atoms with Gasteiger partial charge in [0.15, 0.2) is 0 Å². The van der Waals surface area contributed by atoms with E-state index in [1.165, 1.54) is 12.1 Å². The molecule has 0 saturated carbocycles. The van der Waals surface area contributed by atoms with E-state index in [2.05, 4.69) is 0 Å². The summed E-state index contributed by atoms with van der Waals surface area (Å²) in [6.45, 7) is 1.89. The van der Waals surface area contributed by atoms with E-state index in [0.29, 0.717) is 0 Å². The molecule has 0 radical (unpaired) electrons. The summed E-state index contributed by atoms with van der Waals surface area (Å²) in [5.74, 6) is -0.0811. The topological polar surface area (TPSA) is 46.2 Å². The molecule has 2 rings (SSSR count). The molecule has 0 amide bonds. The van der Waals surface area contributed by atoms with Crippen LogP contribution in [-0.2, 0) is 12.0 Å². The molecule has 2 unspecified atom stereocenters. The lowest BCUT2D eigenvalue weighted by atomic mass is 9.87. The Balaban J connectivity index is 2.53. The van der Waals surface area contributed by atoms with Gasteiger partial charge in [-0.05, 0) is 35.6 Å². The van der Waals surface area contributed by atoms with Crippen molar-refractivity contribution >= 4 is 0 Å². The molecule has 0 bridgehead atoms. The maximum atomic E-state index is 12.9. The van der Waals surface area contributed by atoms with Crippen molar-refractivity contribution in [2.75, 3.05) is 6.61 Å². The molecular formula is C11H14FNO. The lowest BCUT2D eigenvalue weighted by Gasteiger charge is -2.27. The molecule has 0 heterocycles. The van der Waals surface area contributed by atoms with Crippen molar-refractivity contribution in [3.63, 3.8) is 0 Å².